The third-order valence-corrected chi connectivity index (χ3v) is 3.89. The van der Waals surface area contributed by atoms with E-state index in [4.69, 9.17) is 9.15 Å². The van der Waals surface area contributed by atoms with Gasteiger partial charge in [-0.1, -0.05) is 18.2 Å². The van der Waals surface area contributed by atoms with Crippen molar-refractivity contribution < 1.29 is 18.7 Å². The summed E-state index contributed by atoms with van der Waals surface area (Å²) in [6, 6.07) is 17.3. The predicted octanol–water partition coefficient (Wildman–Crippen LogP) is 4.25. The van der Waals surface area contributed by atoms with Gasteiger partial charge in [0, 0.05) is 11.1 Å². The summed E-state index contributed by atoms with van der Waals surface area (Å²) in [7, 11) is 0. The standard InChI is InChI=1S/C22H22N2O4/c1-15(2)28-20-11-4-3-10-19(20)24-22(26)17-8-5-7-16(13-17)21(25)23-14-18-9-6-12-27-18/h3-13,15H,14H2,1-2H3,(H,23,25)(H,24,26). The van der Waals surface area contributed by atoms with Crippen LogP contribution in [-0.4, -0.2) is 17.9 Å². The number of benzene rings is 2. The van der Waals surface area contributed by atoms with Crippen molar-refractivity contribution in [3.8, 4) is 5.75 Å². The minimum absolute atomic E-state index is 0.0146. The Hall–Kier alpha value is -3.54. The summed E-state index contributed by atoms with van der Waals surface area (Å²) in [5, 5.41) is 5.61. The number of nitrogens with one attached hydrogen (secondary N) is 2. The molecule has 28 heavy (non-hydrogen) atoms. The van der Waals surface area contributed by atoms with Gasteiger partial charge in [0.1, 0.15) is 11.5 Å². The van der Waals surface area contributed by atoms with E-state index in [0.717, 1.165) is 0 Å². The molecule has 2 aromatic carbocycles. The van der Waals surface area contributed by atoms with Crippen molar-refractivity contribution in [1.82, 2.24) is 5.32 Å². The van der Waals surface area contributed by atoms with Crippen LogP contribution in [0.15, 0.2) is 71.3 Å². The zero-order valence-electron chi connectivity index (χ0n) is 15.8. The quantitative estimate of drug-likeness (QED) is 0.644. The number of rotatable bonds is 7. The first-order chi connectivity index (χ1) is 13.5. The first kappa shape index (κ1) is 19.2. The molecule has 2 N–H and O–H groups in total. The van der Waals surface area contributed by atoms with Gasteiger partial charge in [-0.05, 0) is 56.3 Å². The minimum atomic E-state index is -0.319. The molecule has 0 unspecified atom stereocenters. The van der Waals surface area contributed by atoms with Crippen molar-refractivity contribution in [3.63, 3.8) is 0 Å². The molecule has 3 aromatic rings. The zero-order chi connectivity index (χ0) is 19.9. The van der Waals surface area contributed by atoms with Crippen LogP contribution in [0, 0.1) is 0 Å². The van der Waals surface area contributed by atoms with Crippen LogP contribution in [-0.2, 0) is 6.54 Å². The third kappa shape index (κ3) is 5.01. The lowest BCUT2D eigenvalue weighted by Crippen LogP contribution is -2.23. The monoisotopic (exact) mass is 378 g/mol. The molecule has 0 radical (unpaired) electrons. The van der Waals surface area contributed by atoms with Gasteiger partial charge in [-0.25, -0.2) is 0 Å². The summed E-state index contributed by atoms with van der Waals surface area (Å²) >= 11 is 0. The lowest BCUT2D eigenvalue weighted by atomic mass is 10.1. The molecule has 2 amide bonds. The van der Waals surface area contributed by atoms with Crippen molar-refractivity contribution in [2.45, 2.75) is 26.5 Å². The number of para-hydroxylation sites is 2. The molecule has 0 fully saturated rings. The maximum atomic E-state index is 12.7. The summed E-state index contributed by atoms with van der Waals surface area (Å²) < 4.78 is 10.9. The summed E-state index contributed by atoms with van der Waals surface area (Å²) in [4.78, 5) is 25.0. The molecule has 0 aliphatic heterocycles. The van der Waals surface area contributed by atoms with Crippen LogP contribution in [0.4, 0.5) is 5.69 Å². The summed E-state index contributed by atoms with van der Waals surface area (Å²) in [5.74, 6) is 0.650. The lowest BCUT2D eigenvalue weighted by Gasteiger charge is -2.15. The molecule has 6 nitrogen and oxygen atoms in total. The molecule has 3 rings (SSSR count). The van der Waals surface area contributed by atoms with E-state index < -0.39 is 0 Å². The number of amides is 2. The van der Waals surface area contributed by atoms with Gasteiger partial charge in [0.15, 0.2) is 0 Å². The van der Waals surface area contributed by atoms with Gasteiger partial charge in [-0.15, -0.1) is 0 Å². The van der Waals surface area contributed by atoms with Crippen molar-refractivity contribution >= 4 is 17.5 Å². The number of carbonyl (C=O) groups excluding carboxylic acids is 2. The fourth-order valence-corrected chi connectivity index (χ4v) is 2.61. The van der Waals surface area contributed by atoms with Gasteiger partial charge in [-0.2, -0.15) is 0 Å². The summed E-state index contributed by atoms with van der Waals surface area (Å²) in [5.41, 5.74) is 1.35. The molecule has 0 aliphatic rings. The second-order valence-corrected chi connectivity index (χ2v) is 6.46. The SMILES string of the molecule is CC(C)Oc1ccccc1NC(=O)c1cccc(C(=O)NCc2ccco2)c1. The van der Waals surface area contributed by atoms with Crippen LogP contribution >= 0.6 is 0 Å². The van der Waals surface area contributed by atoms with Crippen LogP contribution in [0.3, 0.4) is 0 Å². The number of ether oxygens (including phenoxy) is 1. The van der Waals surface area contributed by atoms with Crippen molar-refractivity contribution in [3.05, 3.63) is 83.8 Å². The fourth-order valence-electron chi connectivity index (χ4n) is 2.61. The van der Waals surface area contributed by atoms with Gasteiger partial charge in [0.2, 0.25) is 0 Å². The second-order valence-electron chi connectivity index (χ2n) is 6.46. The van der Waals surface area contributed by atoms with E-state index in [9.17, 15) is 9.59 Å². The smallest absolute Gasteiger partial charge is 0.255 e. The lowest BCUT2D eigenvalue weighted by molar-refractivity contribution is 0.0948. The molecule has 0 bridgehead atoms. The van der Waals surface area contributed by atoms with Gasteiger partial charge in [0.25, 0.3) is 11.8 Å². The van der Waals surface area contributed by atoms with Gasteiger partial charge < -0.3 is 19.8 Å². The van der Waals surface area contributed by atoms with E-state index in [1.807, 2.05) is 26.0 Å². The van der Waals surface area contributed by atoms with Crippen LogP contribution in [0.1, 0.15) is 40.3 Å². The Morgan fingerprint density at radius 2 is 1.71 bits per heavy atom. The van der Waals surface area contributed by atoms with E-state index in [0.29, 0.717) is 28.3 Å². The molecule has 0 aliphatic carbocycles. The maximum Gasteiger partial charge on any atom is 0.255 e. The van der Waals surface area contributed by atoms with Crippen LogP contribution in [0.25, 0.3) is 0 Å². The molecule has 0 spiro atoms. The Bertz CT molecular complexity index is 949. The molecule has 0 saturated heterocycles. The Balaban J connectivity index is 1.69. The number of furan rings is 1. The summed E-state index contributed by atoms with van der Waals surface area (Å²) in [6.45, 7) is 4.12. The molecule has 1 aromatic heterocycles. The highest BCUT2D eigenvalue weighted by Gasteiger charge is 2.13. The molecule has 1 heterocycles. The average Bonchev–Trinajstić information content (AvgIpc) is 3.21. The average molecular weight is 378 g/mol. The highest BCUT2D eigenvalue weighted by atomic mass is 16.5. The maximum absolute atomic E-state index is 12.7. The second kappa shape index (κ2) is 8.90. The topological polar surface area (TPSA) is 80.6 Å². The number of hydrogen-bond acceptors (Lipinski definition) is 4. The van der Waals surface area contributed by atoms with E-state index >= 15 is 0 Å². The van der Waals surface area contributed by atoms with Gasteiger partial charge in [-0.3, -0.25) is 9.59 Å². The first-order valence-corrected chi connectivity index (χ1v) is 9.00. The highest BCUT2D eigenvalue weighted by molar-refractivity contribution is 6.06. The molecular weight excluding hydrogens is 356 g/mol. The molecule has 144 valence electrons. The van der Waals surface area contributed by atoms with E-state index in [1.165, 1.54) is 0 Å². The molecule has 0 saturated carbocycles. The number of hydrogen-bond donors (Lipinski definition) is 2. The molecular formula is C22H22N2O4. The number of anilines is 1. The van der Waals surface area contributed by atoms with Gasteiger partial charge in [0.05, 0.1) is 24.6 Å². The summed E-state index contributed by atoms with van der Waals surface area (Å²) in [6.07, 6.45) is 1.53. The van der Waals surface area contributed by atoms with Crippen LogP contribution in [0.5, 0.6) is 5.75 Å². The predicted molar refractivity (Wildman–Crippen MR) is 106 cm³/mol. The minimum Gasteiger partial charge on any atom is -0.489 e. The Morgan fingerprint density at radius 1 is 0.964 bits per heavy atom. The first-order valence-electron chi connectivity index (χ1n) is 9.00. The zero-order valence-corrected chi connectivity index (χ0v) is 15.8. The number of carbonyl (C=O) groups is 2. The molecule has 0 atom stereocenters. The van der Waals surface area contributed by atoms with Crippen molar-refractivity contribution in [2.24, 2.45) is 0 Å². The fraction of sp³-hybridized carbons (Fsp3) is 0.182. The third-order valence-electron chi connectivity index (χ3n) is 3.89. The Kier molecular flexibility index (Phi) is 6.11. The molecule has 6 heteroatoms. The van der Waals surface area contributed by atoms with E-state index in [1.54, 1.807) is 54.8 Å². The normalized spacial score (nSPS) is 10.5. The van der Waals surface area contributed by atoms with Crippen LogP contribution in [0.2, 0.25) is 0 Å². The van der Waals surface area contributed by atoms with Crippen molar-refractivity contribution in [2.75, 3.05) is 5.32 Å². The van der Waals surface area contributed by atoms with Crippen LogP contribution < -0.4 is 15.4 Å². The van der Waals surface area contributed by atoms with E-state index in [2.05, 4.69) is 10.6 Å². The Morgan fingerprint density at radius 3 is 2.43 bits per heavy atom. The van der Waals surface area contributed by atoms with Gasteiger partial charge >= 0.3 is 0 Å². The highest BCUT2D eigenvalue weighted by Crippen LogP contribution is 2.25. The largest absolute Gasteiger partial charge is 0.489 e. The van der Waals surface area contributed by atoms with E-state index in [-0.39, 0.29) is 24.5 Å². The van der Waals surface area contributed by atoms with Crippen molar-refractivity contribution in [1.29, 1.82) is 0 Å². The Labute approximate surface area is 163 Å².